The fourth-order valence-corrected chi connectivity index (χ4v) is 3.81. The largest absolute Gasteiger partial charge is 0.497 e. The van der Waals surface area contributed by atoms with E-state index in [1.54, 1.807) is 25.4 Å². The second-order valence-corrected chi connectivity index (χ2v) is 7.14. The van der Waals surface area contributed by atoms with Crippen molar-refractivity contribution in [3.63, 3.8) is 0 Å². The molecule has 3 heterocycles. The van der Waals surface area contributed by atoms with Crippen LogP contribution in [-0.4, -0.2) is 28.5 Å². The number of hydrogen-bond acceptors (Lipinski definition) is 5. The number of nitrogens with zero attached hydrogens (tertiary/aromatic N) is 3. The van der Waals surface area contributed by atoms with E-state index in [2.05, 4.69) is 20.9 Å². The second-order valence-electron chi connectivity index (χ2n) is 7.14. The van der Waals surface area contributed by atoms with E-state index in [-0.39, 0.29) is 5.82 Å². The Kier molecular flexibility index (Phi) is 5.39. The van der Waals surface area contributed by atoms with Gasteiger partial charge in [0.25, 0.3) is 0 Å². The van der Waals surface area contributed by atoms with E-state index < -0.39 is 0 Å². The summed E-state index contributed by atoms with van der Waals surface area (Å²) < 4.78 is 25.3. The molecule has 0 unspecified atom stereocenters. The van der Waals surface area contributed by atoms with Gasteiger partial charge in [-0.25, -0.2) is 9.37 Å². The summed E-state index contributed by atoms with van der Waals surface area (Å²) >= 11 is 0. The first-order valence-corrected chi connectivity index (χ1v) is 9.60. The predicted octanol–water partition coefficient (Wildman–Crippen LogP) is 4.92. The molecule has 0 aliphatic carbocycles. The number of oxazole rings is 1. The van der Waals surface area contributed by atoms with Crippen molar-refractivity contribution in [2.45, 2.75) is 38.8 Å². The van der Waals surface area contributed by atoms with E-state index >= 15 is 0 Å². The number of rotatable bonds is 5. The third kappa shape index (κ3) is 3.78. The van der Waals surface area contributed by atoms with Gasteiger partial charge in [0, 0.05) is 25.0 Å². The summed E-state index contributed by atoms with van der Waals surface area (Å²) in [5.41, 5.74) is 2.38. The number of halogens is 1. The topological polar surface area (TPSA) is 51.4 Å². The van der Waals surface area contributed by atoms with E-state index in [1.165, 1.54) is 18.1 Å². The van der Waals surface area contributed by atoms with E-state index in [9.17, 15) is 4.39 Å². The zero-order valence-electron chi connectivity index (χ0n) is 16.2. The van der Waals surface area contributed by atoms with Gasteiger partial charge >= 0.3 is 0 Å². The van der Waals surface area contributed by atoms with Crippen LogP contribution in [0.2, 0.25) is 0 Å². The van der Waals surface area contributed by atoms with Crippen molar-refractivity contribution in [1.29, 1.82) is 0 Å². The van der Waals surface area contributed by atoms with E-state index in [4.69, 9.17) is 9.15 Å². The molecule has 0 radical (unpaired) electrons. The van der Waals surface area contributed by atoms with Crippen molar-refractivity contribution in [3.8, 4) is 17.2 Å². The molecule has 0 N–H and O–H groups in total. The van der Waals surface area contributed by atoms with Gasteiger partial charge in [-0.15, -0.1) is 0 Å². The number of aromatic nitrogens is 2. The molecule has 0 bridgehead atoms. The number of ether oxygens (including phenoxy) is 1. The van der Waals surface area contributed by atoms with Crippen LogP contribution in [0.15, 0.2) is 47.1 Å². The lowest BCUT2D eigenvalue weighted by atomic mass is 9.96. The van der Waals surface area contributed by atoms with E-state index in [0.29, 0.717) is 35.6 Å². The second kappa shape index (κ2) is 8.10. The van der Waals surface area contributed by atoms with Crippen molar-refractivity contribution in [2.24, 2.45) is 0 Å². The van der Waals surface area contributed by atoms with Crippen LogP contribution in [0.4, 0.5) is 4.39 Å². The van der Waals surface area contributed by atoms with Crippen molar-refractivity contribution in [2.75, 3.05) is 13.7 Å². The van der Waals surface area contributed by atoms with Gasteiger partial charge in [-0.1, -0.05) is 12.5 Å². The number of likely N-dealkylation sites (tertiary alicyclic amines) is 1. The Morgan fingerprint density at radius 1 is 1.29 bits per heavy atom. The van der Waals surface area contributed by atoms with E-state index in [1.807, 2.05) is 19.2 Å². The first-order chi connectivity index (χ1) is 13.7. The summed E-state index contributed by atoms with van der Waals surface area (Å²) in [6.07, 6.45) is 7.20. The van der Waals surface area contributed by atoms with Crippen molar-refractivity contribution in [1.82, 2.24) is 14.9 Å². The highest BCUT2D eigenvalue weighted by Gasteiger charge is 2.26. The zero-order chi connectivity index (χ0) is 19.5. The number of aryl methyl sites for hydroxylation is 1. The molecule has 2 aromatic heterocycles. The van der Waals surface area contributed by atoms with Crippen LogP contribution in [0.5, 0.6) is 5.75 Å². The van der Waals surface area contributed by atoms with Crippen LogP contribution in [-0.2, 0) is 6.54 Å². The summed E-state index contributed by atoms with van der Waals surface area (Å²) in [6, 6.07) is 8.99. The molecule has 146 valence electrons. The van der Waals surface area contributed by atoms with Crippen LogP contribution < -0.4 is 4.74 Å². The molecule has 0 amide bonds. The first kappa shape index (κ1) is 18.6. The van der Waals surface area contributed by atoms with Gasteiger partial charge in [0.15, 0.2) is 0 Å². The molecule has 1 atom stereocenters. The molecule has 28 heavy (non-hydrogen) atoms. The summed E-state index contributed by atoms with van der Waals surface area (Å²) in [7, 11) is 1.55. The average molecular weight is 381 g/mol. The molecular weight excluding hydrogens is 357 g/mol. The van der Waals surface area contributed by atoms with Crippen LogP contribution in [0.1, 0.15) is 42.3 Å². The Morgan fingerprint density at radius 3 is 2.96 bits per heavy atom. The van der Waals surface area contributed by atoms with Crippen LogP contribution in [0.3, 0.4) is 0 Å². The van der Waals surface area contributed by atoms with Gasteiger partial charge in [-0.3, -0.25) is 9.88 Å². The summed E-state index contributed by atoms with van der Waals surface area (Å²) in [4.78, 5) is 11.3. The molecule has 0 saturated carbocycles. The first-order valence-electron chi connectivity index (χ1n) is 9.60. The number of benzene rings is 1. The quantitative estimate of drug-likeness (QED) is 0.628. The van der Waals surface area contributed by atoms with Gasteiger partial charge < -0.3 is 9.15 Å². The smallest absolute Gasteiger partial charge is 0.229 e. The fraction of sp³-hybridized carbons (Fsp3) is 0.364. The van der Waals surface area contributed by atoms with Crippen molar-refractivity contribution < 1.29 is 13.5 Å². The van der Waals surface area contributed by atoms with Gasteiger partial charge in [-0.2, -0.15) is 0 Å². The normalized spacial score (nSPS) is 17.6. The summed E-state index contributed by atoms with van der Waals surface area (Å²) in [5.74, 6) is 1.20. The highest BCUT2D eigenvalue weighted by molar-refractivity contribution is 5.57. The molecule has 0 spiro atoms. The van der Waals surface area contributed by atoms with Gasteiger partial charge in [0.1, 0.15) is 17.3 Å². The van der Waals surface area contributed by atoms with Crippen LogP contribution in [0.25, 0.3) is 11.5 Å². The predicted molar refractivity (Wildman–Crippen MR) is 104 cm³/mol. The van der Waals surface area contributed by atoms with Crippen LogP contribution >= 0.6 is 0 Å². The number of methoxy groups -OCH3 is 1. The number of pyridine rings is 1. The molecule has 4 rings (SSSR count). The van der Waals surface area contributed by atoms with E-state index in [0.717, 1.165) is 25.1 Å². The molecule has 5 nitrogen and oxygen atoms in total. The molecular formula is C22H24FN3O2. The molecule has 1 aliphatic rings. The number of hydrogen-bond donors (Lipinski definition) is 0. The highest BCUT2D eigenvalue weighted by Crippen LogP contribution is 2.33. The van der Waals surface area contributed by atoms with Gasteiger partial charge in [0.05, 0.1) is 18.4 Å². The monoisotopic (exact) mass is 381 g/mol. The Bertz CT molecular complexity index is 942. The Balaban J connectivity index is 1.60. The minimum absolute atomic E-state index is 0.291. The fourth-order valence-electron chi connectivity index (χ4n) is 3.81. The molecule has 1 aromatic carbocycles. The molecule has 6 heteroatoms. The lowest BCUT2D eigenvalue weighted by Gasteiger charge is -2.35. The lowest BCUT2D eigenvalue weighted by Crippen LogP contribution is -2.33. The molecule has 3 aromatic rings. The Morgan fingerprint density at radius 2 is 2.18 bits per heavy atom. The van der Waals surface area contributed by atoms with Crippen molar-refractivity contribution in [3.05, 3.63) is 65.6 Å². The maximum atomic E-state index is 14.3. The third-order valence-corrected chi connectivity index (χ3v) is 5.33. The lowest BCUT2D eigenvalue weighted by molar-refractivity contribution is 0.138. The maximum absolute atomic E-state index is 14.3. The molecule has 1 fully saturated rings. The van der Waals surface area contributed by atoms with Crippen molar-refractivity contribution >= 4 is 0 Å². The van der Waals surface area contributed by atoms with Crippen LogP contribution in [0, 0.1) is 12.7 Å². The summed E-state index contributed by atoms with van der Waals surface area (Å²) in [6.45, 7) is 3.54. The van der Waals surface area contributed by atoms with Gasteiger partial charge in [-0.05, 0) is 56.1 Å². The molecule has 1 aliphatic heterocycles. The van der Waals surface area contributed by atoms with Gasteiger partial charge in [0.2, 0.25) is 5.89 Å². The minimum Gasteiger partial charge on any atom is -0.497 e. The SMILES string of the molecule is COc1ccc(F)c(-c2nc(CN3CCCC[C@@H]3c3cccnc3)c(C)o2)c1. The minimum atomic E-state index is -0.375. The molecule has 1 saturated heterocycles. The maximum Gasteiger partial charge on any atom is 0.229 e. The zero-order valence-corrected chi connectivity index (χ0v) is 16.2. The Labute approximate surface area is 164 Å². The third-order valence-electron chi connectivity index (χ3n) is 5.33. The summed E-state index contributed by atoms with van der Waals surface area (Å²) in [5, 5.41) is 0. The number of piperidine rings is 1. The average Bonchev–Trinajstić information content (AvgIpc) is 3.09. The standard InChI is InChI=1S/C22H24FN3O2/c1-15-20(25-22(28-15)18-12-17(27-2)8-9-19(18)23)14-26-11-4-3-7-21(26)16-6-5-10-24-13-16/h5-6,8-10,12-13,21H,3-4,7,11,14H2,1-2H3/t21-/m1/s1. The Hall–Kier alpha value is -2.73. The highest BCUT2D eigenvalue weighted by atomic mass is 19.1.